The lowest BCUT2D eigenvalue weighted by atomic mass is 10.1. The summed E-state index contributed by atoms with van der Waals surface area (Å²) in [5.41, 5.74) is 0.720. The van der Waals surface area contributed by atoms with Gasteiger partial charge >= 0.3 is 13.6 Å². The second kappa shape index (κ2) is 5.96. The molecule has 1 atom stereocenters. The van der Waals surface area contributed by atoms with Crippen LogP contribution in [0.5, 0.6) is 0 Å². The zero-order valence-electron chi connectivity index (χ0n) is 9.94. The minimum Gasteiger partial charge on any atom is -0.453 e. The van der Waals surface area contributed by atoms with Crippen molar-refractivity contribution in [3.63, 3.8) is 0 Å². The third kappa shape index (κ3) is 4.84. The number of esters is 1. The Kier molecular flexibility index (Phi) is 4.84. The van der Waals surface area contributed by atoms with Crippen LogP contribution in [0.2, 0.25) is 0 Å². The van der Waals surface area contributed by atoms with Crippen LogP contribution in [0.4, 0.5) is 0 Å². The molecule has 0 aliphatic heterocycles. The normalized spacial score (nSPS) is 12.8. The molecule has 98 valence electrons. The maximum atomic E-state index is 11.4. The van der Waals surface area contributed by atoms with Gasteiger partial charge in [0.25, 0.3) is 0 Å². The van der Waals surface area contributed by atoms with E-state index in [1.165, 1.54) is 6.92 Å². The summed E-state index contributed by atoms with van der Waals surface area (Å²) >= 11 is 0. The fraction of sp³-hybridized carbons (Fsp3) is 0.250. The Hall–Kier alpha value is -1.42. The number of rotatable bonds is 5. The number of hydrogen-bond acceptors (Lipinski definition) is 3. The van der Waals surface area contributed by atoms with Crippen molar-refractivity contribution in [3.05, 3.63) is 48.0 Å². The third-order valence-electron chi connectivity index (χ3n) is 2.17. The van der Waals surface area contributed by atoms with E-state index in [0.717, 1.165) is 0 Å². The van der Waals surface area contributed by atoms with E-state index in [1.807, 2.05) is 0 Å². The van der Waals surface area contributed by atoms with Crippen molar-refractivity contribution in [2.24, 2.45) is 0 Å². The molecule has 0 spiro atoms. The van der Waals surface area contributed by atoms with Crippen LogP contribution >= 0.6 is 7.60 Å². The Balaban J connectivity index is 2.93. The summed E-state index contributed by atoms with van der Waals surface area (Å²) < 4.78 is 16.1. The molecule has 1 unspecified atom stereocenters. The first-order valence-corrected chi connectivity index (χ1v) is 7.05. The van der Waals surface area contributed by atoms with E-state index in [2.05, 4.69) is 6.58 Å². The van der Waals surface area contributed by atoms with Gasteiger partial charge in [-0.2, -0.15) is 0 Å². The molecule has 0 fully saturated rings. The maximum Gasteiger partial charge on any atom is 0.333 e. The van der Waals surface area contributed by atoms with Gasteiger partial charge in [0.15, 0.2) is 0 Å². The molecule has 18 heavy (non-hydrogen) atoms. The standard InChI is InChI=1S/C12H15O5P/c1-9(2)12(13)17-11(8-18(14,15)16)10-6-4-3-5-7-10/h3-7,11H,1,8H2,2H3,(H2,14,15,16). The summed E-state index contributed by atoms with van der Waals surface area (Å²) in [6.45, 7) is 4.90. The van der Waals surface area contributed by atoms with Crippen molar-refractivity contribution < 1.29 is 23.9 Å². The van der Waals surface area contributed by atoms with Crippen LogP contribution in [0, 0.1) is 0 Å². The molecule has 0 bridgehead atoms. The van der Waals surface area contributed by atoms with E-state index in [0.29, 0.717) is 5.56 Å². The molecular formula is C12H15O5P. The van der Waals surface area contributed by atoms with E-state index in [1.54, 1.807) is 30.3 Å². The molecule has 0 aliphatic rings. The summed E-state index contributed by atoms with van der Waals surface area (Å²) in [7, 11) is -4.28. The molecule has 2 N–H and O–H groups in total. The van der Waals surface area contributed by atoms with Crippen molar-refractivity contribution >= 4 is 13.6 Å². The average molecular weight is 270 g/mol. The molecule has 0 heterocycles. The fourth-order valence-electron chi connectivity index (χ4n) is 1.32. The Morgan fingerprint density at radius 3 is 2.39 bits per heavy atom. The van der Waals surface area contributed by atoms with Crippen molar-refractivity contribution in [2.75, 3.05) is 6.16 Å². The summed E-state index contributed by atoms with van der Waals surface area (Å²) in [5.74, 6) is -0.669. The number of carbonyl (C=O) groups is 1. The minimum absolute atomic E-state index is 0.182. The lowest BCUT2D eigenvalue weighted by Gasteiger charge is -2.18. The molecule has 0 radical (unpaired) electrons. The predicted octanol–water partition coefficient (Wildman–Crippen LogP) is 2.02. The van der Waals surface area contributed by atoms with Crippen molar-refractivity contribution in [1.29, 1.82) is 0 Å². The highest BCUT2D eigenvalue weighted by Crippen LogP contribution is 2.40. The highest BCUT2D eigenvalue weighted by molar-refractivity contribution is 7.51. The van der Waals surface area contributed by atoms with Crippen LogP contribution in [-0.2, 0) is 14.1 Å². The number of ether oxygens (including phenoxy) is 1. The van der Waals surface area contributed by atoms with E-state index in [9.17, 15) is 9.36 Å². The zero-order chi connectivity index (χ0) is 13.8. The van der Waals surface area contributed by atoms with Crippen LogP contribution < -0.4 is 0 Å². The smallest absolute Gasteiger partial charge is 0.333 e. The number of carbonyl (C=O) groups excluding carboxylic acids is 1. The molecule has 0 aromatic heterocycles. The van der Waals surface area contributed by atoms with Gasteiger partial charge in [-0.1, -0.05) is 36.9 Å². The quantitative estimate of drug-likeness (QED) is 0.486. The van der Waals surface area contributed by atoms with Gasteiger partial charge in [0.05, 0.1) is 6.16 Å². The summed E-state index contributed by atoms with van der Waals surface area (Å²) in [4.78, 5) is 29.4. The molecule has 1 rings (SSSR count). The Labute approximate surface area is 105 Å². The van der Waals surface area contributed by atoms with Crippen LogP contribution in [0.25, 0.3) is 0 Å². The van der Waals surface area contributed by atoms with Gasteiger partial charge in [-0.25, -0.2) is 4.79 Å². The Morgan fingerprint density at radius 1 is 1.39 bits per heavy atom. The molecule has 0 saturated carbocycles. The lowest BCUT2D eigenvalue weighted by molar-refractivity contribution is -0.143. The highest BCUT2D eigenvalue weighted by atomic mass is 31.2. The molecule has 1 aromatic carbocycles. The van der Waals surface area contributed by atoms with Gasteiger partial charge < -0.3 is 14.5 Å². The molecule has 1 aromatic rings. The first-order chi connectivity index (χ1) is 8.29. The first-order valence-electron chi connectivity index (χ1n) is 5.25. The van der Waals surface area contributed by atoms with Crippen molar-refractivity contribution in [1.82, 2.24) is 0 Å². The molecule has 5 nitrogen and oxygen atoms in total. The van der Waals surface area contributed by atoms with Gasteiger partial charge in [-0.3, -0.25) is 4.57 Å². The van der Waals surface area contributed by atoms with Gasteiger partial charge in [-0.15, -0.1) is 0 Å². The SMILES string of the molecule is C=C(C)C(=O)OC(CP(=O)(O)O)c1ccccc1. The maximum absolute atomic E-state index is 11.4. The monoisotopic (exact) mass is 270 g/mol. The molecule has 6 heteroatoms. The van der Waals surface area contributed by atoms with Crippen LogP contribution in [-0.4, -0.2) is 21.9 Å². The topological polar surface area (TPSA) is 83.8 Å². The van der Waals surface area contributed by atoms with Crippen LogP contribution in [0.1, 0.15) is 18.6 Å². The summed E-state index contributed by atoms with van der Waals surface area (Å²) in [6, 6.07) is 8.46. The number of benzene rings is 1. The minimum atomic E-state index is -4.28. The van der Waals surface area contributed by atoms with E-state index in [4.69, 9.17) is 14.5 Å². The Bertz CT molecular complexity index is 477. The Morgan fingerprint density at radius 2 is 1.94 bits per heavy atom. The molecule has 0 aliphatic carbocycles. The fourth-order valence-corrected chi connectivity index (χ4v) is 2.04. The van der Waals surface area contributed by atoms with Crippen molar-refractivity contribution in [2.45, 2.75) is 13.0 Å². The summed E-state index contributed by atoms with van der Waals surface area (Å²) in [6.07, 6.45) is -1.52. The zero-order valence-corrected chi connectivity index (χ0v) is 10.8. The van der Waals surface area contributed by atoms with Crippen LogP contribution in [0.15, 0.2) is 42.5 Å². The highest BCUT2D eigenvalue weighted by Gasteiger charge is 2.26. The second-order valence-corrected chi connectivity index (χ2v) is 5.63. The second-order valence-electron chi connectivity index (χ2n) is 3.93. The molecular weight excluding hydrogens is 255 g/mol. The van der Waals surface area contributed by atoms with Crippen molar-refractivity contribution in [3.8, 4) is 0 Å². The molecule has 0 saturated heterocycles. The third-order valence-corrected chi connectivity index (χ3v) is 2.98. The van der Waals surface area contributed by atoms with Crippen LogP contribution in [0.3, 0.4) is 0 Å². The van der Waals surface area contributed by atoms with Gasteiger partial charge in [0.2, 0.25) is 0 Å². The van der Waals surface area contributed by atoms with E-state index in [-0.39, 0.29) is 5.57 Å². The summed E-state index contributed by atoms with van der Waals surface area (Å²) in [5, 5.41) is 0. The molecule has 0 amide bonds. The lowest BCUT2D eigenvalue weighted by Crippen LogP contribution is -2.15. The predicted molar refractivity (Wildman–Crippen MR) is 67.0 cm³/mol. The van der Waals surface area contributed by atoms with E-state index < -0.39 is 25.8 Å². The van der Waals surface area contributed by atoms with E-state index >= 15 is 0 Å². The van der Waals surface area contributed by atoms with Gasteiger partial charge in [-0.05, 0) is 12.5 Å². The first kappa shape index (κ1) is 14.6. The number of hydrogen-bond donors (Lipinski definition) is 2. The van der Waals surface area contributed by atoms with Gasteiger partial charge in [0.1, 0.15) is 6.10 Å². The largest absolute Gasteiger partial charge is 0.453 e. The average Bonchev–Trinajstić information content (AvgIpc) is 2.27. The van der Waals surface area contributed by atoms with Gasteiger partial charge in [0, 0.05) is 5.57 Å².